The number of hydrogen-bond acceptors (Lipinski definition) is 7. The highest BCUT2D eigenvalue weighted by Gasteiger charge is 2.76. The van der Waals surface area contributed by atoms with Gasteiger partial charge in [0, 0.05) is 18.7 Å². The molecule has 3 amide bonds. The van der Waals surface area contributed by atoms with Gasteiger partial charge in [-0.1, -0.05) is 68.5 Å². The second-order valence-electron chi connectivity index (χ2n) is 13.8. The minimum absolute atomic E-state index is 0.0489. The predicted octanol–water partition coefficient (Wildman–Crippen LogP) is 4.58. The van der Waals surface area contributed by atoms with Crippen LogP contribution < -0.4 is 10.2 Å². The monoisotopic (exact) mass is 671 g/mol. The van der Waals surface area contributed by atoms with Crippen molar-refractivity contribution >= 4 is 29.4 Å². The summed E-state index contributed by atoms with van der Waals surface area (Å²) in [7, 11) is 0. The van der Waals surface area contributed by atoms with E-state index in [1.54, 1.807) is 17.1 Å². The zero-order valence-electron chi connectivity index (χ0n) is 29.0. The third-order valence-corrected chi connectivity index (χ3v) is 10.3. The fraction of sp³-hybridized carbons (Fsp3) is 0.487. The number of fused-ring (bicyclic) bond motifs is 1. The van der Waals surface area contributed by atoms with Gasteiger partial charge in [0.15, 0.2) is 0 Å². The van der Waals surface area contributed by atoms with Crippen molar-refractivity contribution < 1.29 is 33.8 Å². The Kier molecular flexibility index (Phi) is 11.1. The topological polar surface area (TPSA) is 125 Å². The van der Waals surface area contributed by atoms with Crippen LogP contribution in [0.1, 0.15) is 62.3 Å². The first kappa shape index (κ1) is 36.0. The second-order valence-corrected chi connectivity index (χ2v) is 13.8. The Balaban J connectivity index is 1.51. The van der Waals surface area contributed by atoms with Crippen molar-refractivity contribution in [2.45, 2.75) is 83.3 Å². The van der Waals surface area contributed by atoms with E-state index in [4.69, 9.17) is 9.47 Å². The van der Waals surface area contributed by atoms with Gasteiger partial charge in [-0.15, -0.1) is 13.2 Å². The van der Waals surface area contributed by atoms with Crippen molar-refractivity contribution in [2.75, 3.05) is 24.6 Å². The number of carbonyl (C=O) groups excluding carboxylic acids is 4. The molecule has 3 aliphatic rings. The van der Waals surface area contributed by atoms with Crippen LogP contribution in [0.4, 0.5) is 5.69 Å². The van der Waals surface area contributed by atoms with Crippen LogP contribution in [0.2, 0.25) is 0 Å². The molecule has 2 aromatic carbocycles. The number of nitrogens with zero attached hydrogens (tertiary/aromatic N) is 2. The van der Waals surface area contributed by atoms with E-state index < -0.39 is 53.6 Å². The summed E-state index contributed by atoms with van der Waals surface area (Å²) in [5, 5.41) is 13.5. The van der Waals surface area contributed by atoms with Crippen LogP contribution in [-0.2, 0) is 28.7 Å². The van der Waals surface area contributed by atoms with Gasteiger partial charge >= 0.3 is 5.97 Å². The summed E-state index contributed by atoms with van der Waals surface area (Å²) >= 11 is 0. The summed E-state index contributed by atoms with van der Waals surface area (Å²) in [6.07, 6.45) is 3.52. The van der Waals surface area contributed by atoms with Crippen molar-refractivity contribution in [3.8, 4) is 0 Å². The molecule has 3 fully saturated rings. The molecular formula is C39H49N3O7. The van der Waals surface area contributed by atoms with E-state index in [1.807, 2.05) is 76.2 Å². The lowest BCUT2D eigenvalue weighted by molar-refractivity contribution is -0.161. The van der Waals surface area contributed by atoms with E-state index in [9.17, 15) is 24.3 Å². The molecule has 0 aromatic heterocycles. The standard InChI is InChI=1S/C39H49N3O7/c1-7-9-15-32(44)40-22-31(27-13-11-10-12-14-27)48-38(47)33-30-18-19-39(49-30)34(33)36(45)42(29(23-43)24(3)4)35(39)37(46)41(20-8-2)28-21-25(5)16-17-26(28)6/h7-8,10-14,16-17,21,24,29-31,33-35,43H,1-2,9,15,18-20,22-23H2,3-6H3,(H,40,44)/t29-,30-,31+,33+,34+,35-,39+/m0/s1. The average molecular weight is 672 g/mol. The fourth-order valence-electron chi connectivity index (χ4n) is 7.85. The molecule has 0 saturated carbocycles. The lowest BCUT2D eigenvalue weighted by Crippen LogP contribution is -2.60. The number of nitrogens with one attached hydrogen (secondary N) is 1. The summed E-state index contributed by atoms with van der Waals surface area (Å²) in [5.41, 5.74) is 1.96. The number of likely N-dealkylation sites (tertiary alicyclic amines) is 1. The molecule has 262 valence electrons. The molecule has 10 heteroatoms. The number of amides is 3. The maximum atomic E-state index is 14.9. The first-order valence-electron chi connectivity index (χ1n) is 17.2. The molecule has 0 radical (unpaired) electrons. The summed E-state index contributed by atoms with van der Waals surface area (Å²) < 4.78 is 12.8. The summed E-state index contributed by atoms with van der Waals surface area (Å²) in [6.45, 7) is 15.1. The number of aliphatic hydroxyl groups excluding tert-OH is 1. The number of hydrogen-bond donors (Lipinski definition) is 2. The molecule has 5 rings (SSSR count). The van der Waals surface area contributed by atoms with E-state index >= 15 is 0 Å². The van der Waals surface area contributed by atoms with Gasteiger partial charge < -0.3 is 29.7 Å². The van der Waals surface area contributed by atoms with Crippen LogP contribution in [0.3, 0.4) is 0 Å². The lowest BCUT2D eigenvalue weighted by atomic mass is 9.70. The number of ether oxygens (including phenoxy) is 2. The number of aliphatic hydroxyl groups is 1. The van der Waals surface area contributed by atoms with E-state index in [-0.39, 0.29) is 43.8 Å². The third kappa shape index (κ3) is 6.81. The third-order valence-electron chi connectivity index (χ3n) is 10.3. The van der Waals surface area contributed by atoms with Gasteiger partial charge in [-0.2, -0.15) is 0 Å². The molecule has 2 N–H and O–H groups in total. The second kappa shape index (κ2) is 15.1. The fourth-order valence-corrected chi connectivity index (χ4v) is 7.85. The van der Waals surface area contributed by atoms with Crippen LogP contribution in [0.5, 0.6) is 0 Å². The molecule has 7 atom stereocenters. The predicted molar refractivity (Wildman–Crippen MR) is 186 cm³/mol. The van der Waals surface area contributed by atoms with Gasteiger partial charge in [0.05, 0.1) is 37.1 Å². The van der Waals surface area contributed by atoms with Crippen LogP contribution in [0.15, 0.2) is 73.8 Å². The van der Waals surface area contributed by atoms with E-state index in [2.05, 4.69) is 18.5 Å². The molecule has 10 nitrogen and oxygen atoms in total. The van der Waals surface area contributed by atoms with Crippen LogP contribution in [0, 0.1) is 31.6 Å². The van der Waals surface area contributed by atoms with E-state index in [0.717, 1.165) is 11.1 Å². The normalized spacial score (nSPS) is 25.1. The summed E-state index contributed by atoms with van der Waals surface area (Å²) in [6, 6.07) is 13.2. The summed E-state index contributed by atoms with van der Waals surface area (Å²) in [5.74, 6) is -3.70. The van der Waals surface area contributed by atoms with Gasteiger partial charge in [-0.3, -0.25) is 19.2 Å². The van der Waals surface area contributed by atoms with Crippen molar-refractivity contribution in [1.82, 2.24) is 10.2 Å². The smallest absolute Gasteiger partial charge is 0.313 e. The zero-order valence-corrected chi connectivity index (χ0v) is 29.0. The molecule has 3 saturated heterocycles. The van der Waals surface area contributed by atoms with Crippen molar-refractivity contribution in [2.24, 2.45) is 17.8 Å². The first-order valence-corrected chi connectivity index (χ1v) is 17.2. The Bertz CT molecular complexity index is 1580. The largest absolute Gasteiger partial charge is 0.455 e. The van der Waals surface area contributed by atoms with E-state index in [0.29, 0.717) is 30.5 Å². The molecule has 3 heterocycles. The Morgan fingerprint density at radius 2 is 1.88 bits per heavy atom. The molecule has 0 aliphatic carbocycles. The van der Waals surface area contributed by atoms with E-state index in [1.165, 1.54) is 4.90 Å². The summed E-state index contributed by atoms with van der Waals surface area (Å²) in [4.78, 5) is 59.5. The number of anilines is 1. The van der Waals surface area contributed by atoms with Crippen molar-refractivity contribution in [1.29, 1.82) is 0 Å². The van der Waals surface area contributed by atoms with Gasteiger partial charge in [-0.25, -0.2) is 0 Å². The van der Waals surface area contributed by atoms with Crippen LogP contribution in [-0.4, -0.2) is 77.2 Å². The number of esters is 1. The molecular weight excluding hydrogens is 622 g/mol. The van der Waals surface area contributed by atoms with Gasteiger partial charge in [0.25, 0.3) is 5.91 Å². The van der Waals surface area contributed by atoms with Gasteiger partial charge in [0.1, 0.15) is 17.7 Å². The van der Waals surface area contributed by atoms with Crippen molar-refractivity contribution in [3.05, 3.63) is 90.5 Å². The molecule has 1 spiro atoms. The Labute approximate surface area is 289 Å². The van der Waals surface area contributed by atoms with Gasteiger partial charge in [-0.05, 0) is 61.8 Å². The Morgan fingerprint density at radius 3 is 2.53 bits per heavy atom. The first-order chi connectivity index (χ1) is 23.5. The lowest BCUT2D eigenvalue weighted by Gasteiger charge is -2.40. The Hall–Kier alpha value is -4.28. The minimum Gasteiger partial charge on any atom is -0.455 e. The highest BCUT2D eigenvalue weighted by atomic mass is 16.6. The number of carbonyl (C=O) groups is 4. The molecule has 3 aliphatic heterocycles. The molecule has 0 unspecified atom stereocenters. The van der Waals surface area contributed by atoms with Crippen molar-refractivity contribution in [3.63, 3.8) is 0 Å². The Morgan fingerprint density at radius 1 is 1.14 bits per heavy atom. The molecule has 2 bridgehead atoms. The number of aryl methyl sites for hydroxylation is 2. The zero-order chi connectivity index (χ0) is 35.5. The molecule has 2 aromatic rings. The maximum absolute atomic E-state index is 14.9. The van der Waals surface area contributed by atoms with Crippen LogP contribution in [0.25, 0.3) is 0 Å². The highest BCUT2D eigenvalue weighted by molar-refractivity contribution is 6.05. The SMILES string of the molecule is C=CCCC(=O)NC[C@@H](OC(=O)[C@@H]1[C@@H]2CC[C@]3(O2)[C@H](C(=O)N(CC=C)c2cc(C)ccc2C)N([C@@H](CO)C(C)C)C(=O)[C@@H]13)c1ccccc1. The quantitative estimate of drug-likeness (QED) is 0.210. The minimum atomic E-state index is -1.29. The number of rotatable bonds is 15. The average Bonchev–Trinajstić information content (AvgIpc) is 3.73. The van der Waals surface area contributed by atoms with Crippen LogP contribution >= 0.6 is 0 Å². The molecule has 49 heavy (non-hydrogen) atoms. The maximum Gasteiger partial charge on any atom is 0.313 e. The number of allylic oxidation sites excluding steroid dienone is 1. The number of benzene rings is 2. The highest BCUT2D eigenvalue weighted by Crippen LogP contribution is 2.59. The van der Waals surface area contributed by atoms with Gasteiger partial charge in [0.2, 0.25) is 11.8 Å².